The maximum atomic E-state index is 12.3. The van der Waals surface area contributed by atoms with Crippen LogP contribution in [-0.4, -0.2) is 30.5 Å². The third-order valence-electron chi connectivity index (χ3n) is 3.40. The summed E-state index contributed by atoms with van der Waals surface area (Å²) in [7, 11) is 0. The minimum atomic E-state index is -0.215. The normalized spacial score (nSPS) is 18.8. The van der Waals surface area contributed by atoms with E-state index in [-0.39, 0.29) is 12.0 Å². The Bertz CT molecular complexity index is 642. The molecule has 1 aromatic heterocycles. The Balaban J connectivity index is 1.76. The second-order valence-corrected chi connectivity index (χ2v) is 5.58. The number of carbonyl (C=O) groups excluding carboxylic acids is 1. The molecule has 0 N–H and O–H groups in total. The number of hydrogen-bond acceptors (Lipinski definition) is 3. The van der Waals surface area contributed by atoms with E-state index in [1.54, 1.807) is 29.2 Å². The molecule has 0 spiro atoms. The Morgan fingerprint density at radius 2 is 2.10 bits per heavy atom. The highest BCUT2D eigenvalue weighted by Crippen LogP contribution is 2.29. The number of benzene rings is 1. The van der Waals surface area contributed by atoms with Gasteiger partial charge in [-0.25, -0.2) is 0 Å². The van der Waals surface area contributed by atoms with Crippen molar-refractivity contribution in [1.82, 2.24) is 4.90 Å². The van der Waals surface area contributed by atoms with Crippen LogP contribution in [0, 0.1) is 0 Å². The second kappa shape index (κ2) is 6.10. The molecule has 2 aromatic rings. The lowest BCUT2D eigenvalue weighted by Gasteiger charge is -2.32. The minimum Gasteiger partial charge on any atom is -0.459 e. The van der Waals surface area contributed by atoms with Gasteiger partial charge >= 0.3 is 0 Å². The van der Waals surface area contributed by atoms with Crippen molar-refractivity contribution in [2.75, 3.05) is 19.7 Å². The van der Waals surface area contributed by atoms with Gasteiger partial charge in [0.25, 0.3) is 5.91 Å². The van der Waals surface area contributed by atoms with Gasteiger partial charge in [-0.1, -0.05) is 29.3 Å². The average molecular weight is 326 g/mol. The number of carbonyl (C=O) groups is 1. The van der Waals surface area contributed by atoms with Crippen molar-refractivity contribution < 1.29 is 13.9 Å². The fraction of sp³-hybridized carbons (Fsp3) is 0.267. The molecule has 2 heterocycles. The van der Waals surface area contributed by atoms with Gasteiger partial charge in [0.15, 0.2) is 5.76 Å². The number of morpholine rings is 1. The summed E-state index contributed by atoms with van der Waals surface area (Å²) in [6.45, 7) is 1.46. The molecule has 1 saturated heterocycles. The Morgan fingerprint density at radius 3 is 2.81 bits per heavy atom. The van der Waals surface area contributed by atoms with Crippen LogP contribution in [0.15, 0.2) is 41.0 Å². The molecule has 1 atom stereocenters. The predicted molar refractivity (Wildman–Crippen MR) is 79.8 cm³/mol. The Kier molecular flexibility index (Phi) is 4.19. The van der Waals surface area contributed by atoms with E-state index in [0.29, 0.717) is 35.5 Å². The van der Waals surface area contributed by atoms with Crippen molar-refractivity contribution in [2.24, 2.45) is 0 Å². The molecule has 0 saturated carbocycles. The van der Waals surface area contributed by atoms with E-state index in [2.05, 4.69) is 0 Å². The van der Waals surface area contributed by atoms with Crippen LogP contribution >= 0.6 is 23.2 Å². The highest BCUT2D eigenvalue weighted by molar-refractivity contribution is 6.42. The third-order valence-corrected chi connectivity index (χ3v) is 4.14. The van der Waals surface area contributed by atoms with Gasteiger partial charge in [0, 0.05) is 6.54 Å². The van der Waals surface area contributed by atoms with Crippen LogP contribution in [0.3, 0.4) is 0 Å². The standard InChI is InChI=1S/C15H13Cl2NO3/c16-11-4-3-10(8-12(11)17)14-9-18(5-7-21-14)15(19)13-2-1-6-20-13/h1-4,6,8,14H,5,7,9H2. The largest absolute Gasteiger partial charge is 0.459 e. The van der Waals surface area contributed by atoms with Gasteiger partial charge in [0.2, 0.25) is 0 Å². The zero-order chi connectivity index (χ0) is 14.8. The van der Waals surface area contributed by atoms with Crippen LogP contribution in [0.25, 0.3) is 0 Å². The molecule has 1 fully saturated rings. The first-order valence-electron chi connectivity index (χ1n) is 6.54. The number of ether oxygens (including phenoxy) is 1. The maximum absolute atomic E-state index is 12.3. The molecule has 1 unspecified atom stereocenters. The summed E-state index contributed by atoms with van der Waals surface area (Å²) in [6.07, 6.45) is 1.27. The van der Waals surface area contributed by atoms with Gasteiger partial charge in [0.1, 0.15) is 6.10 Å². The minimum absolute atomic E-state index is 0.131. The van der Waals surface area contributed by atoms with Crippen LogP contribution in [-0.2, 0) is 4.74 Å². The van der Waals surface area contributed by atoms with Gasteiger partial charge < -0.3 is 14.1 Å². The Morgan fingerprint density at radius 1 is 1.24 bits per heavy atom. The third kappa shape index (κ3) is 3.07. The first-order valence-corrected chi connectivity index (χ1v) is 7.30. The van der Waals surface area contributed by atoms with Crippen LogP contribution in [0.1, 0.15) is 22.2 Å². The first-order chi connectivity index (χ1) is 10.1. The number of rotatable bonds is 2. The first kappa shape index (κ1) is 14.4. The van der Waals surface area contributed by atoms with E-state index in [9.17, 15) is 4.79 Å². The molecule has 1 aliphatic heterocycles. The maximum Gasteiger partial charge on any atom is 0.289 e. The van der Waals surface area contributed by atoms with Crippen LogP contribution in [0.4, 0.5) is 0 Å². The molecule has 1 aromatic carbocycles. The lowest BCUT2D eigenvalue weighted by atomic mass is 10.1. The molecule has 0 bridgehead atoms. The molecular weight excluding hydrogens is 313 g/mol. The quantitative estimate of drug-likeness (QED) is 0.843. The summed E-state index contributed by atoms with van der Waals surface area (Å²) in [4.78, 5) is 14.0. The van der Waals surface area contributed by atoms with Gasteiger partial charge in [-0.2, -0.15) is 0 Å². The van der Waals surface area contributed by atoms with Crippen LogP contribution < -0.4 is 0 Å². The second-order valence-electron chi connectivity index (χ2n) is 4.76. The highest BCUT2D eigenvalue weighted by atomic mass is 35.5. The molecule has 0 radical (unpaired) electrons. The molecule has 0 aliphatic carbocycles. The van der Waals surface area contributed by atoms with Crippen molar-refractivity contribution in [3.8, 4) is 0 Å². The number of nitrogens with zero attached hydrogens (tertiary/aromatic N) is 1. The number of hydrogen-bond donors (Lipinski definition) is 0. The van der Waals surface area contributed by atoms with E-state index in [1.807, 2.05) is 6.07 Å². The molecule has 4 nitrogen and oxygen atoms in total. The zero-order valence-corrected chi connectivity index (χ0v) is 12.6. The topological polar surface area (TPSA) is 42.7 Å². The molecule has 3 rings (SSSR count). The van der Waals surface area contributed by atoms with Gasteiger partial charge in [0.05, 0.1) is 29.5 Å². The van der Waals surface area contributed by atoms with Gasteiger partial charge in [-0.3, -0.25) is 4.79 Å². The molecule has 6 heteroatoms. The smallest absolute Gasteiger partial charge is 0.289 e. The van der Waals surface area contributed by atoms with Crippen molar-refractivity contribution in [3.05, 3.63) is 58.0 Å². The van der Waals surface area contributed by atoms with E-state index in [0.717, 1.165) is 5.56 Å². The van der Waals surface area contributed by atoms with Crippen molar-refractivity contribution in [2.45, 2.75) is 6.10 Å². The van der Waals surface area contributed by atoms with Gasteiger partial charge in [-0.05, 0) is 29.8 Å². The predicted octanol–water partition coefficient (Wildman–Crippen LogP) is 3.80. The SMILES string of the molecule is O=C(c1ccco1)N1CCOC(c2ccc(Cl)c(Cl)c2)C1. The lowest BCUT2D eigenvalue weighted by molar-refractivity contribution is -0.0237. The van der Waals surface area contributed by atoms with E-state index >= 15 is 0 Å². The van der Waals surface area contributed by atoms with Crippen LogP contribution in [0.5, 0.6) is 0 Å². The zero-order valence-electron chi connectivity index (χ0n) is 11.1. The van der Waals surface area contributed by atoms with Crippen molar-refractivity contribution >= 4 is 29.1 Å². The highest BCUT2D eigenvalue weighted by Gasteiger charge is 2.27. The summed E-state index contributed by atoms with van der Waals surface area (Å²) >= 11 is 11.9. The summed E-state index contributed by atoms with van der Waals surface area (Å²) in [5.41, 5.74) is 0.904. The van der Waals surface area contributed by atoms with Crippen molar-refractivity contribution in [3.63, 3.8) is 0 Å². The fourth-order valence-corrected chi connectivity index (χ4v) is 2.61. The summed E-state index contributed by atoms with van der Waals surface area (Å²) in [6, 6.07) is 8.72. The fourth-order valence-electron chi connectivity index (χ4n) is 2.30. The van der Waals surface area contributed by atoms with E-state index in [1.165, 1.54) is 6.26 Å². The lowest BCUT2D eigenvalue weighted by Crippen LogP contribution is -2.42. The summed E-state index contributed by atoms with van der Waals surface area (Å²) in [5.74, 6) is 0.207. The Hall–Kier alpha value is -1.49. The molecule has 21 heavy (non-hydrogen) atoms. The van der Waals surface area contributed by atoms with E-state index < -0.39 is 0 Å². The van der Waals surface area contributed by atoms with Crippen LogP contribution in [0.2, 0.25) is 10.0 Å². The van der Waals surface area contributed by atoms with Gasteiger partial charge in [-0.15, -0.1) is 0 Å². The molecule has 1 aliphatic rings. The number of amides is 1. The average Bonchev–Trinajstić information content (AvgIpc) is 3.04. The monoisotopic (exact) mass is 325 g/mol. The summed E-state index contributed by atoms with van der Waals surface area (Å²) in [5, 5.41) is 0.979. The van der Waals surface area contributed by atoms with Crippen molar-refractivity contribution in [1.29, 1.82) is 0 Å². The molecule has 1 amide bonds. The molecular formula is C15H13Cl2NO3. The molecule has 110 valence electrons. The number of halogens is 2. The summed E-state index contributed by atoms with van der Waals surface area (Å²) < 4.78 is 10.9. The number of furan rings is 1. The Labute approximate surface area is 132 Å². The van der Waals surface area contributed by atoms with E-state index in [4.69, 9.17) is 32.4 Å².